The predicted octanol–water partition coefficient (Wildman–Crippen LogP) is 1.55. The lowest BCUT2D eigenvalue weighted by molar-refractivity contribution is 0.0875. The van der Waals surface area contributed by atoms with Crippen LogP contribution in [0.1, 0.15) is 32.6 Å². The molecule has 0 aromatic carbocycles. The molecule has 2 nitrogen and oxygen atoms in total. The Morgan fingerprint density at radius 1 is 1.54 bits per heavy atom. The molecule has 13 heavy (non-hydrogen) atoms. The highest BCUT2D eigenvalue weighted by atomic mass is 16.3. The fraction of sp³-hybridized carbons (Fsp3) is 0.818. The Balaban J connectivity index is 1.96. The quantitative estimate of drug-likeness (QED) is 0.668. The van der Waals surface area contributed by atoms with E-state index in [2.05, 4.69) is 17.1 Å². The fourth-order valence-corrected chi connectivity index (χ4v) is 2.48. The summed E-state index contributed by atoms with van der Waals surface area (Å²) in [5, 5.41) is 9.61. The van der Waals surface area contributed by atoms with Crippen LogP contribution in [0.25, 0.3) is 0 Å². The van der Waals surface area contributed by atoms with Gasteiger partial charge in [0.1, 0.15) is 0 Å². The van der Waals surface area contributed by atoms with Crippen LogP contribution in [0.15, 0.2) is 12.2 Å². The number of hydrogen-bond donors (Lipinski definition) is 1. The maximum absolute atomic E-state index is 9.61. The maximum atomic E-state index is 9.61. The van der Waals surface area contributed by atoms with E-state index in [9.17, 15) is 5.11 Å². The van der Waals surface area contributed by atoms with Gasteiger partial charge < -0.3 is 5.11 Å². The van der Waals surface area contributed by atoms with E-state index in [1.54, 1.807) is 0 Å². The van der Waals surface area contributed by atoms with Gasteiger partial charge in [-0.3, -0.25) is 4.90 Å². The molecule has 0 aromatic heterocycles. The summed E-state index contributed by atoms with van der Waals surface area (Å²) in [4.78, 5) is 2.48. The van der Waals surface area contributed by atoms with Gasteiger partial charge in [0.15, 0.2) is 0 Å². The molecule has 2 heteroatoms. The minimum Gasteiger partial charge on any atom is -0.392 e. The molecule has 1 N–H and O–H groups in total. The highest BCUT2D eigenvalue weighted by molar-refractivity contribution is 5.08. The molecule has 0 radical (unpaired) electrons. The first kappa shape index (κ1) is 9.22. The van der Waals surface area contributed by atoms with Crippen LogP contribution in [0.3, 0.4) is 0 Å². The summed E-state index contributed by atoms with van der Waals surface area (Å²) >= 11 is 0. The van der Waals surface area contributed by atoms with Crippen molar-refractivity contribution in [3.63, 3.8) is 0 Å². The average Bonchev–Trinajstić information content (AvgIpc) is 2.41. The normalized spacial score (nSPS) is 35.2. The monoisotopic (exact) mass is 181 g/mol. The molecule has 1 fully saturated rings. The predicted molar refractivity (Wildman–Crippen MR) is 53.6 cm³/mol. The van der Waals surface area contributed by atoms with Gasteiger partial charge in [0, 0.05) is 18.6 Å². The first-order valence-electron chi connectivity index (χ1n) is 5.41. The summed E-state index contributed by atoms with van der Waals surface area (Å²) in [6.45, 7) is 2.92. The Bertz CT molecular complexity index is 202. The maximum Gasteiger partial charge on any atom is 0.0664 e. The molecule has 2 bridgehead atoms. The van der Waals surface area contributed by atoms with E-state index in [0.29, 0.717) is 6.04 Å². The Kier molecular flexibility index (Phi) is 2.70. The molecule has 2 aliphatic rings. The first-order chi connectivity index (χ1) is 6.31. The van der Waals surface area contributed by atoms with Crippen molar-refractivity contribution >= 4 is 0 Å². The summed E-state index contributed by atoms with van der Waals surface area (Å²) < 4.78 is 0. The molecule has 3 atom stereocenters. The third-order valence-electron chi connectivity index (χ3n) is 3.35. The number of aliphatic hydroxyl groups excluding tert-OH is 1. The van der Waals surface area contributed by atoms with Crippen molar-refractivity contribution in [3.05, 3.63) is 12.2 Å². The molecule has 2 rings (SSSR count). The lowest BCUT2D eigenvalue weighted by Gasteiger charge is -2.32. The van der Waals surface area contributed by atoms with Crippen molar-refractivity contribution < 1.29 is 5.11 Å². The molecule has 2 unspecified atom stereocenters. The minimum atomic E-state index is -0.130. The summed E-state index contributed by atoms with van der Waals surface area (Å²) in [5.41, 5.74) is 0. The molecule has 0 amide bonds. The van der Waals surface area contributed by atoms with Gasteiger partial charge in [-0.2, -0.15) is 0 Å². The van der Waals surface area contributed by atoms with Gasteiger partial charge in [0.05, 0.1) is 6.10 Å². The van der Waals surface area contributed by atoms with Gasteiger partial charge >= 0.3 is 0 Å². The van der Waals surface area contributed by atoms with Crippen molar-refractivity contribution in [1.29, 1.82) is 0 Å². The van der Waals surface area contributed by atoms with Crippen molar-refractivity contribution in [2.24, 2.45) is 0 Å². The summed E-state index contributed by atoms with van der Waals surface area (Å²) in [5.74, 6) is 0. The first-order valence-corrected chi connectivity index (χ1v) is 5.41. The van der Waals surface area contributed by atoms with E-state index in [-0.39, 0.29) is 6.10 Å². The number of fused-ring (bicyclic) bond motifs is 2. The Labute approximate surface area is 80.2 Å². The second kappa shape index (κ2) is 3.81. The van der Waals surface area contributed by atoms with Gasteiger partial charge in [-0.25, -0.2) is 0 Å². The lowest BCUT2D eigenvalue weighted by Crippen LogP contribution is -2.42. The lowest BCUT2D eigenvalue weighted by atomic mass is 10.1. The zero-order valence-electron chi connectivity index (χ0n) is 8.32. The van der Waals surface area contributed by atoms with Crippen molar-refractivity contribution in [2.75, 3.05) is 6.54 Å². The van der Waals surface area contributed by atoms with Crippen molar-refractivity contribution in [1.82, 2.24) is 4.90 Å². The van der Waals surface area contributed by atoms with Crippen molar-refractivity contribution in [3.8, 4) is 0 Å². The van der Waals surface area contributed by atoms with Gasteiger partial charge in [0.2, 0.25) is 0 Å². The van der Waals surface area contributed by atoms with Gasteiger partial charge in [-0.15, -0.1) is 0 Å². The Morgan fingerprint density at radius 3 is 3.08 bits per heavy atom. The summed E-state index contributed by atoms with van der Waals surface area (Å²) in [6.07, 6.45) is 9.15. The van der Waals surface area contributed by atoms with Crippen LogP contribution < -0.4 is 0 Å². The number of hydrogen-bond acceptors (Lipinski definition) is 2. The van der Waals surface area contributed by atoms with Crippen LogP contribution in [0, 0.1) is 0 Å². The Morgan fingerprint density at radius 2 is 2.38 bits per heavy atom. The zero-order valence-corrected chi connectivity index (χ0v) is 8.32. The molecule has 0 saturated carbocycles. The van der Waals surface area contributed by atoms with Crippen molar-refractivity contribution in [2.45, 2.75) is 50.8 Å². The molecule has 1 saturated heterocycles. The number of nitrogens with zero attached hydrogens (tertiary/aromatic N) is 1. The highest BCUT2D eigenvalue weighted by Crippen LogP contribution is 2.31. The summed E-state index contributed by atoms with van der Waals surface area (Å²) in [7, 11) is 0. The average molecular weight is 181 g/mol. The smallest absolute Gasteiger partial charge is 0.0664 e. The van der Waals surface area contributed by atoms with Crippen LogP contribution in [0.5, 0.6) is 0 Å². The topological polar surface area (TPSA) is 23.5 Å². The van der Waals surface area contributed by atoms with Gasteiger partial charge in [-0.1, -0.05) is 19.1 Å². The SMILES string of the molecule is CC[C@@H](O)CN1C2C=CCC1CC2. The number of aliphatic hydroxyl groups is 1. The van der Waals surface area contributed by atoms with Crippen LogP contribution in [-0.2, 0) is 0 Å². The van der Waals surface area contributed by atoms with Crippen LogP contribution in [0.4, 0.5) is 0 Å². The fourth-order valence-electron chi connectivity index (χ4n) is 2.48. The van der Waals surface area contributed by atoms with Gasteiger partial charge in [0.25, 0.3) is 0 Å². The third-order valence-corrected chi connectivity index (χ3v) is 3.35. The highest BCUT2D eigenvalue weighted by Gasteiger charge is 2.34. The van der Waals surface area contributed by atoms with Gasteiger partial charge in [-0.05, 0) is 25.7 Å². The standard InChI is InChI=1S/C11H19NO/c1-2-11(13)8-12-9-4-3-5-10(12)7-6-9/h3-4,9-11,13H,2,5-8H2,1H3/t9?,10?,11-/m1/s1. The van der Waals surface area contributed by atoms with E-state index in [1.165, 1.54) is 19.3 Å². The molecule has 0 aliphatic carbocycles. The molecule has 0 aromatic rings. The van der Waals surface area contributed by atoms with E-state index < -0.39 is 0 Å². The van der Waals surface area contributed by atoms with E-state index in [1.807, 2.05) is 6.92 Å². The third kappa shape index (κ3) is 1.79. The summed E-state index contributed by atoms with van der Waals surface area (Å²) in [6, 6.07) is 1.34. The minimum absolute atomic E-state index is 0.130. The van der Waals surface area contributed by atoms with E-state index >= 15 is 0 Å². The molecule has 0 spiro atoms. The van der Waals surface area contributed by atoms with E-state index in [4.69, 9.17) is 0 Å². The van der Waals surface area contributed by atoms with Crippen LogP contribution in [-0.4, -0.2) is 34.7 Å². The van der Waals surface area contributed by atoms with E-state index in [0.717, 1.165) is 19.0 Å². The van der Waals surface area contributed by atoms with Crippen LogP contribution >= 0.6 is 0 Å². The van der Waals surface area contributed by atoms with Crippen LogP contribution in [0.2, 0.25) is 0 Å². The molecule has 2 heterocycles. The second-order valence-electron chi connectivity index (χ2n) is 4.22. The zero-order chi connectivity index (χ0) is 9.26. The molecular formula is C11H19NO. The Hall–Kier alpha value is -0.340. The molecular weight excluding hydrogens is 162 g/mol. The number of rotatable bonds is 3. The molecule has 2 aliphatic heterocycles. The molecule has 74 valence electrons. The second-order valence-corrected chi connectivity index (χ2v) is 4.22. The largest absolute Gasteiger partial charge is 0.392 e.